The molecular weight excluding hydrogens is 423 g/mol. The van der Waals surface area contributed by atoms with Gasteiger partial charge in [-0.2, -0.15) is 0 Å². The van der Waals surface area contributed by atoms with Crippen molar-refractivity contribution in [1.29, 1.82) is 0 Å². The molecule has 3 aliphatic rings. The summed E-state index contributed by atoms with van der Waals surface area (Å²) >= 11 is 0. The minimum absolute atomic E-state index is 0.267. The van der Waals surface area contributed by atoms with E-state index in [1.807, 2.05) is 4.90 Å². The number of aromatic nitrogens is 3. The molecule has 0 saturated carbocycles. The Morgan fingerprint density at radius 2 is 1.94 bits per heavy atom. The van der Waals surface area contributed by atoms with E-state index in [0.29, 0.717) is 69.6 Å². The van der Waals surface area contributed by atoms with E-state index in [-0.39, 0.29) is 18.5 Å². The second kappa shape index (κ2) is 8.61. The number of hydrogen-bond donors (Lipinski definition) is 0. The molecule has 0 spiro atoms. The average molecular weight is 446 g/mol. The molecule has 2 aromatic rings. The van der Waals surface area contributed by atoms with Gasteiger partial charge in [0.15, 0.2) is 0 Å². The number of hydrogen-bond acceptors (Lipinski definition) is 8. The van der Waals surface area contributed by atoms with Crippen molar-refractivity contribution in [2.45, 2.75) is 19.2 Å². The summed E-state index contributed by atoms with van der Waals surface area (Å²) in [6.07, 6.45) is 0.343. The van der Waals surface area contributed by atoms with Crippen molar-refractivity contribution < 1.29 is 28.2 Å². The molecule has 170 valence electrons. The van der Waals surface area contributed by atoms with Crippen LogP contribution in [0.3, 0.4) is 0 Å². The SMILES string of the molecule is O=C1OCCN1Cc1cn(C[C@H]2CN(c3ccc(N4CCOCC4)c(F)c3)C(=O)O2)nn1. The quantitative estimate of drug-likeness (QED) is 0.653. The number of morpholine rings is 1. The monoisotopic (exact) mass is 446 g/mol. The molecule has 0 radical (unpaired) electrons. The summed E-state index contributed by atoms with van der Waals surface area (Å²) in [6, 6.07) is 4.76. The number of ether oxygens (including phenoxy) is 3. The maximum absolute atomic E-state index is 14.7. The molecule has 12 heteroatoms. The maximum atomic E-state index is 14.7. The van der Waals surface area contributed by atoms with Crippen LogP contribution < -0.4 is 9.80 Å². The van der Waals surface area contributed by atoms with Crippen molar-refractivity contribution in [2.24, 2.45) is 0 Å². The Hall–Kier alpha value is -3.41. The molecule has 0 aliphatic carbocycles. The Morgan fingerprint density at radius 1 is 1.09 bits per heavy atom. The Morgan fingerprint density at radius 3 is 2.69 bits per heavy atom. The molecule has 1 atom stereocenters. The van der Waals surface area contributed by atoms with Gasteiger partial charge in [-0.3, -0.25) is 9.80 Å². The molecule has 3 aliphatic heterocycles. The summed E-state index contributed by atoms with van der Waals surface area (Å²) < 4.78 is 32.0. The van der Waals surface area contributed by atoms with Gasteiger partial charge in [-0.15, -0.1) is 5.10 Å². The third kappa shape index (κ3) is 4.17. The Bertz CT molecular complexity index is 1010. The average Bonchev–Trinajstić information content (AvgIpc) is 3.50. The molecule has 0 N–H and O–H groups in total. The van der Waals surface area contributed by atoms with Crippen molar-refractivity contribution in [3.05, 3.63) is 35.9 Å². The minimum atomic E-state index is -0.534. The first kappa shape index (κ1) is 20.5. The standard InChI is InChI=1S/C20H23FN6O5/c21-17-9-15(1-2-18(17)24-3-6-30-7-4-24)27-13-16(32-20(27)29)12-26-11-14(22-23-26)10-25-5-8-31-19(25)28/h1-2,9,11,16H,3-8,10,12-13H2/t16-/m0/s1. The number of anilines is 2. The lowest BCUT2D eigenvalue weighted by Gasteiger charge is -2.29. The van der Waals surface area contributed by atoms with Gasteiger partial charge in [-0.05, 0) is 18.2 Å². The third-order valence-electron chi connectivity index (χ3n) is 5.64. The van der Waals surface area contributed by atoms with Crippen molar-refractivity contribution in [2.75, 3.05) is 55.8 Å². The Labute approximate surface area is 183 Å². The first-order valence-electron chi connectivity index (χ1n) is 10.5. The lowest BCUT2D eigenvalue weighted by atomic mass is 10.2. The number of rotatable bonds is 6. The fraction of sp³-hybridized carbons (Fsp3) is 0.500. The lowest BCUT2D eigenvalue weighted by Crippen LogP contribution is -2.36. The summed E-state index contributed by atoms with van der Waals surface area (Å²) in [7, 11) is 0. The van der Waals surface area contributed by atoms with E-state index in [0.717, 1.165) is 0 Å². The first-order chi connectivity index (χ1) is 15.6. The Kier molecular flexibility index (Phi) is 5.52. The zero-order valence-electron chi connectivity index (χ0n) is 17.4. The zero-order valence-corrected chi connectivity index (χ0v) is 17.4. The van der Waals surface area contributed by atoms with Gasteiger partial charge in [0.1, 0.15) is 24.2 Å². The van der Waals surface area contributed by atoms with Crippen LogP contribution in [0, 0.1) is 5.82 Å². The molecule has 3 fully saturated rings. The van der Waals surface area contributed by atoms with E-state index in [1.54, 1.807) is 27.9 Å². The first-order valence-corrected chi connectivity index (χ1v) is 10.5. The van der Waals surface area contributed by atoms with Gasteiger partial charge in [0.05, 0.1) is 57.0 Å². The van der Waals surface area contributed by atoms with Gasteiger partial charge in [-0.25, -0.2) is 18.7 Å². The number of halogens is 1. The van der Waals surface area contributed by atoms with E-state index in [4.69, 9.17) is 14.2 Å². The second-order valence-corrected chi connectivity index (χ2v) is 7.82. The van der Waals surface area contributed by atoms with Crippen LogP contribution in [-0.4, -0.2) is 84.2 Å². The van der Waals surface area contributed by atoms with Gasteiger partial charge < -0.3 is 19.1 Å². The number of amides is 2. The van der Waals surface area contributed by atoms with E-state index >= 15 is 0 Å². The van der Waals surface area contributed by atoms with Crippen LogP contribution in [-0.2, 0) is 27.3 Å². The summed E-state index contributed by atoms with van der Waals surface area (Å²) in [4.78, 5) is 28.8. The van der Waals surface area contributed by atoms with Crippen LogP contribution in [0.15, 0.2) is 24.4 Å². The van der Waals surface area contributed by atoms with Gasteiger partial charge in [0.2, 0.25) is 0 Å². The molecule has 32 heavy (non-hydrogen) atoms. The fourth-order valence-corrected chi connectivity index (χ4v) is 4.03. The van der Waals surface area contributed by atoms with E-state index < -0.39 is 12.2 Å². The molecule has 4 heterocycles. The summed E-state index contributed by atoms with van der Waals surface area (Å²) in [6.45, 7) is 4.14. The van der Waals surface area contributed by atoms with E-state index in [9.17, 15) is 14.0 Å². The van der Waals surface area contributed by atoms with E-state index in [1.165, 1.54) is 11.0 Å². The van der Waals surface area contributed by atoms with Crippen LogP contribution in [0.2, 0.25) is 0 Å². The fourth-order valence-electron chi connectivity index (χ4n) is 4.03. The van der Waals surface area contributed by atoms with Crippen LogP contribution in [0.5, 0.6) is 0 Å². The molecule has 1 aromatic carbocycles. The lowest BCUT2D eigenvalue weighted by molar-refractivity contribution is 0.122. The van der Waals surface area contributed by atoms with Crippen molar-refractivity contribution in [1.82, 2.24) is 19.9 Å². The second-order valence-electron chi connectivity index (χ2n) is 7.82. The molecule has 0 bridgehead atoms. The molecular formula is C20H23FN6O5. The minimum Gasteiger partial charge on any atom is -0.448 e. The highest BCUT2D eigenvalue weighted by Crippen LogP contribution is 2.28. The molecule has 11 nitrogen and oxygen atoms in total. The smallest absolute Gasteiger partial charge is 0.414 e. The highest BCUT2D eigenvalue weighted by molar-refractivity contribution is 5.90. The topological polar surface area (TPSA) is 102 Å². The molecule has 2 amide bonds. The van der Waals surface area contributed by atoms with Gasteiger partial charge in [0.25, 0.3) is 0 Å². The van der Waals surface area contributed by atoms with E-state index in [2.05, 4.69) is 10.3 Å². The van der Waals surface area contributed by atoms with Gasteiger partial charge in [-0.1, -0.05) is 5.21 Å². The third-order valence-corrected chi connectivity index (χ3v) is 5.64. The van der Waals surface area contributed by atoms with Crippen LogP contribution in [0.25, 0.3) is 0 Å². The normalized spacial score (nSPS) is 21.3. The van der Waals surface area contributed by atoms with Crippen LogP contribution >= 0.6 is 0 Å². The molecule has 3 saturated heterocycles. The van der Waals surface area contributed by atoms with Crippen molar-refractivity contribution in [3.63, 3.8) is 0 Å². The summed E-state index contributed by atoms with van der Waals surface area (Å²) in [5.41, 5.74) is 1.56. The predicted molar refractivity (Wildman–Crippen MR) is 109 cm³/mol. The van der Waals surface area contributed by atoms with Crippen molar-refractivity contribution in [3.8, 4) is 0 Å². The van der Waals surface area contributed by atoms with Gasteiger partial charge in [0, 0.05) is 13.1 Å². The summed E-state index contributed by atoms with van der Waals surface area (Å²) in [5, 5.41) is 8.11. The number of carbonyl (C=O) groups is 2. The number of cyclic esters (lactones) is 2. The largest absolute Gasteiger partial charge is 0.448 e. The van der Waals surface area contributed by atoms with Crippen LogP contribution in [0.4, 0.5) is 25.4 Å². The summed E-state index contributed by atoms with van der Waals surface area (Å²) in [5.74, 6) is -0.387. The van der Waals surface area contributed by atoms with Gasteiger partial charge >= 0.3 is 12.2 Å². The predicted octanol–water partition coefficient (Wildman–Crippen LogP) is 1.23. The molecule has 0 unspecified atom stereocenters. The highest BCUT2D eigenvalue weighted by Gasteiger charge is 2.33. The molecule has 5 rings (SSSR count). The Balaban J connectivity index is 1.21. The number of benzene rings is 1. The highest BCUT2D eigenvalue weighted by atomic mass is 19.1. The number of carbonyl (C=O) groups excluding carboxylic acids is 2. The van der Waals surface area contributed by atoms with Crippen molar-refractivity contribution >= 4 is 23.6 Å². The van der Waals surface area contributed by atoms with Crippen LogP contribution in [0.1, 0.15) is 5.69 Å². The maximum Gasteiger partial charge on any atom is 0.414 e. The molecule has 1 aromatic heterocycles. The number of nitrogens with zero attached hydrogens (tertiary/aromatic N) is 6. The zero-order chi connectivity index (χ0) is 22.1.